The van der Waals surface area contributed by atoms with Gasteiger partial charge in [0.05, 0.1) is 6.26 Å². The van der Waals surface area contributed by atoms with Crippen LogP contribution in [0.4, 0.5) is 0 Å². The van der Waals surface area contributed by atoms with Crippen LogP contribution in [-0.4, -0.2) is 12.3 Å². The molecule has 0 aliphatic carbocycles. The summed E-state index contributed by atoms with van der Waals surface area (Å²) in [6.07, 6.45) is 2.60. The van der Waals surface area contributed by atoms with Gasteiger partial charge in [-0.2, -0.15) is 4.89 Å². The zero-order valence-electron chi connectivity index (χ0n) is 9.68. The number of fused-ring (bicyclic) bond motifs is 2. The Kier molecular flexibility index (Phi) is 2.04. The summed E-state index contributed by atoms with van der Waals surface area (Å²) in [5, 5.41) is 0. The standard InChI is InChI=1S/C14H11NO3/c1-2-12(16-5-1)14-11-6-10-8-17-18-13(10)7-9(11)3-4-15-14/h1-2,5-7H,3-4,8H2. The Bertz CT molecular complexity index is 629. The van der Waals surface area contributed by atoms with Gasteiger partial charge in [0.25, 0.3) is 0 Å². The van der Waals surface area contributed by atoms with Gasteiger partial charge in [-0.25, -0.2) is 0 Å². The third-order valence-corrected chi connectivity index (χ3v) is 3.31. The summed E-state index contributed by atoms with van der Waals surface area (Å²) < 4.78 is 5.46. The molecule has 0 spiro atoms. The molecule has 3 heterocycles. The van der Waals surface area contributed by atoms with E-state index in [0.717, 1.165) is 41.3 Å². The largest absolute Gasteiger partial charge is 0.463 e. The Balaban J connectivity index is 1.89. The van der Waals surface area contributed by atoms with Gasteiger partial charge in [-0.3, -0.25) is 4.99 Å². The van der Waals surface area contributed by atoms with Crippen molar-refractivity contribution in [2.75, 3.05) is 6.54 Å². The Morgan fingerprint density at radius 1 is 1.17 bits per heavy atom. The van der Waals surface area contributed by atoms with E-state index >= 15 is 0 Å². The van der Waals surface area contributed by atoms with Crippen molar-refractivity contribution in [2.45, 2.75) is 13.0 Å². The summed E-state index contributed by atoms with van der Waals surface area (Å²) >= 11 is 0. The lowest BCUT2D eigenvalue weighted by Crippen LogP contribution is -2.14. The molecule has 2 aromatic rings. The lowest BCUT2D eigenvalue weighted by molar-refractivity contribution is -0.194. The number of rotatable bonds is 1. The Hall–Kier alpha value is -2.07. The molecule has 0 N–H and O–H groups in total. The third kappa shape index (κ3) is 1.39. The number of hydrogen-bond acceptors (Lipinski definition) is 4. The van der Waals surface area contributed by atoms with Crippen molar-refractivity contribution in [3.63, 3.8) is 0 Å². The van der Waals surface area contributed by atoms with Gasteiger partial charge < -0.3 is 9.30 Å². The highest BCUT2D eigenvalue weighted by molar-refractivity contribution is 6.12. The summed E-state index contributed by atoms with van der Waals surface area (Å²) in [7, 11) is 0. The van der Waals surface area contributed by atoms with Crippen LogP contribution in [0.3, 0.4) is 0 Å². The monoisotopic (exact) mass is 241 g/mol. The van der Waals surface area contributed by atoms with Crippen molar-refractivity contribution >= 4 is 5.71 Å². The molecule has 0 unspecified atom stereocenters. The smallest absolute Gasteiger partial charge is 0.171 e. The Morgan fingerprint density at radius 2 is 2.17 bits per heavy atom. The van der Waals surface area contributed by atoms with Gasteiger partial charge in [0.15, 0.2) is 11.5 Å². The molecule has 0 fully saturated rings. The molecule has 18 heavy (non-hydrogen) atoms. The van der Waals surface area contributed by atoms with E-state index in [1.165, 1.54) is 5.56 Å². The number of aliphatic imine (C=N–C) groups is 1. The summed E-state index contributed by atoms with van der Waals surface area (Å²) in [6, 6.07) is 7.97. The van der Waals surface area contributed by atoms with Crippen LogP contribution in [-0.2, 0) is 17.9 Å². The van der Waals surface area contributed by atoms with Crippen LogP contribution in [0.15, 0.2) is 39.9 Å². The Labute approximate surface area is 104 Å². The van der Waals surface area contributed by atoms with Crippen molar-refractivity contribution in [2.24, 2.45) is 4.99 Å². The Morgan fingerprint density at radius 3 is 3.06 bits per heavy atom. The van der Waals surface area contributed by atoms with Crippen LogP contribution in [0.1, 0.15) is 22.5 Å². The fourth-order valence-electron chi connectivity index (χ4n) is 2.44. The van der Waals surface area contributed by atoms with Crippen molar-refractivity contribution in [1.82, 2.24) is 0 Å². The van der Waals surface area contributed by atoms with E-state index in [0.29, 0.717) is 6.61 Å². The molecular weight excluding hydrogens is 230 g/mol. The average Bonchev–Trinajstić information content (AvgIpc) is 3.06. The molecule has 4 nitrogen and oxygen atoms in total. The maximum absolute atomic E-state index is 5.46. The van der Waals surface area contributed by atoms with E-state index in [-0.39, 0.29) is 0 Å². The molecule has 0 radical (unpaired) electrons. The molecule has 0 atom stereocenters. The summed E-state index contributed by atoms with van der Waals surface area (Å²) in [6.45, 7) is 1.27. The number of nitrogens with zero attached hydrogens (tertiary/aromatic N) is 1. The first-order chi connectivity index (χ1) is 8.92. The first-order valence-electron chi connectivity index (χ1n) is 5.96. The second kappa shape index (κ2) is 3.71. The molecule has 0 amide bonds. The van der Waals surface area contributed by atoms with Crippen LogP contribution in [0.25, 0.3) is 0 Å². The predicted molar refractivity (Wildman–Crippen MR) is 64.8 cm³/mol. The van der Waals surface area contributed by atoms with Crippen molar-refractivity contribution in [3.8, 4) is 5.75 Å². The van der Waals surface area contributed by atoms with Gasteiger partial charge in [0, 0.05) is 17.7 Å². The van der Waals surface area contributed by atoms with Crippen LogP contribution < -0.4 is 4.89 Å². The molecule has 1 aromatic heterocycles. The van der Waals surface area contributed by atoms with Crippen LogP contribution in [0.2, 0.25) is 0 Å². The van der Waals surface area contributed by atoms with Crippen LogP contribution in [0.5, 0.6) is 5.75 Å². The summed E-state index contributed by atoms with van der Waals surface area (Å²) in [4.78, 5) is 14.7. The van der Waals surface area contributed by atoms with E-state index in [4.69, 9.17) is 14.2 Å². The van der Waals surface area contributed by atoms with E-state index in [2.05, 4.69) is 17.1 Å². The molecule has 0 bridgehead atoms. The zero-order valence-corrected chi connectivity index (χ0v) is 9.68. The fourth-order valence-corrected chi connectivity index (χ4v) is 2.44. The molecule has 2 aliphatic rings. The quantitative estimate of drug-likeness (QED) is 0.720. The van der Waals surface area contributed by atoms with Crippen molar-refractivity contribution in [1.29, 1.82) is 0 Å². The molecule has 0 saturated heterocycles. The molecule has 4 rings (SSSR count). The molecular formula is C14H11NO3. The normalized spacial score (nSPS) is 16.8. The zero-order chi connectivity index (χ0) is 11.9. The topological polar surface area (TPSA) is 44.0 Å². The first kappa shape index (κ1) is 9.91. The molecule has 4 heteroatoms. The van der Waals surface area contributed by atoms with E-state index in [1.807, 2.05) is 12.1 Å². The fraction of sp³-hybridized carbons (Fsp3) is 0.214. The highest BCUT2D eigenvalue weighted by Crippen LogP contribution is 2.32. The predicted octanol–water partition coefficient (Wildman–Crippen LogP) is 2.50. The van der Waals surface area contributed by atoms with Gasteiger partial charge in [-0.05, 0) is 36.2 Å². The lowest BCUT2D eigenvalue weighted by atomic mass is 9.94. The second-order valence-corrected chi connectivity index (χ2v) is 4.42. The SMILES string of the molecule is c1coc(C2=NCCc3cc4c(cc32)COO4)c1. The van der Waals surface area contributed by atoms with Crippen molar-refractivity contribution < 1.29 is 14.2 Å². The maximum Gasteiger partial charge on any atom is 0.171 e. The average molecular weight is 241 g/mol. The molecule has 1 aromatic carbocycles. The van der Waals surface area contributed by atoms with Gasteiger partial charge in [-0.1, -0.05) is 0 Å². The lowest BCUT2D eigenvalue weighted by Gasteiger charge is -2.16. The minimum atomic E-state index is 0.494. The summed E-state index contributed by atoms with van der Waals surface area (Å²) in [5.41, 5.74) is 4.36. The maximum atomic E-state index is 5.46. The van der Waals surface area contributed by atoms with Gasteiger partial charge in [-0.15, -0.1) is 0 Å². The molecule has 0 saturated carbocycles. The van der Waals surface area contributed by atoms with Crippen LogP contribution in [0, 0.1) is 0 Å². The molecule has 2 aliphatic heterocycles. The van der Waals surface area contributed by atoms with Gasteiger partial charge in [0.1, 0.15) is 12.3 Å². The van der Waals surface area contributed by atoms with E-state index in [1.54, 1.807) is 6.26 Å². The molecule has 90 valence electrons. The van der Waals surface area contributed by atoms with E-state index in [9.17, 15) is 0 Å². The van der Waals surface area contributed by atoms with Gasteiger partial charge >= 0.3 is 0 Å². The van der Waals surface area contributed by atoms with Crippen LogP contribution >= 0.6 is 0 Å². The number of hydrogen-bond donors (Lipinski definition) is 0. The highest BCUT2D eigenvalue weighted by Gasteiger charge is 2.23. The third-order valence-electron chi connectivity index (χ3n) is 3.31. The van der Waals surface area contributed by atoms with E-state index < -0.39 is 0 Å². The second-order valence-electron chi connectivity index (χ2n) is 4.42. The highest BCUT2D eigenvalue weighted by atomic mass is 17.2. The van der Waals surface area contributed by atoms with Gasteiger partial charge in [0.2, 0.25) is 0 Å². The number of benzene rings is 1. The first-order valence-corrected chi connectivity index (χ1v) is 5.96. The minimum Gasteiger partial charge on any atom is -0.463 e. The minimum absolute atomic E-state index is 0.494. The van der Waals surface area contributed by atoms with Crippen molar-refractivity contribution in [3.05, 3.63) is 53.0 Å². The summed E-state index contributed by atoms with van der Waals surface area (Å²) in [5.74, 6) is 1.64. The number of furan rings is 1.